The van der Waals surface area contributed by atoms with Gasteiger partial charge >= 0.3 is 0 Å². The van der Waals surface area contributed by atoms with Crippen LogP contribution in [0.25, 0.3) is 0 Å². The second kappa shape index (κ2) is 6.24. The van der Waals surface area contributed by atoms with Crippen LogP contribution in [0.2, 0.25) is 0 Å². The number of anilines is 1. The maximum Gasteiger partial charge on any atom is 0.185 e. The van der Waals surface area contributed by atoms with Crippen LogP contribution in [0.15, 0.2) is 35.8 Å². The number of rotatable bonds is 4. The molecule has 0 spiro atoms. The Bertz CT molecular complexity index is 602. The fourth-order valence-corrected chi connectivity index (χ4v) is 3.33. The Balaban J connectivity index is 1.62. The Labute approximate surface area is 128 Å². The number of nitrogens with one attached hydrogen (secondary N) is 1. The molecule has 0 atom stereocenters. The van der Waals surface area contributed by atoms with Crippen LogP contribution in [0, 0.1) is 5.41 Å². The predicted octanol–water partition coefficient (Wildman–Crippen LogP) is 1.75. The highest BCUT2D eigenvalue weighted by Crippen LogP contribution is 2.20. The molecule has 0 unspecified atom stereocenters. The smallest absolute Gasteiger partial charge is 0.185 e. The molecule has 0 amide bonds. The molecular formula is C15H19N5S. The largest absolute Gasteiger partial charge is 0.384 e. The Kier molecular flexibility index (Phi) is 4.17. The molecule has 1 aromatic carbocycles. The highest BCUT2D eigenvalue weighted by atomic mass is 32.1. The van der Waals surface area contributed by atoms with Crippen LogP contribution in [-0.2, 0) is 6.54 Å². The van der Waals surface area contributed by atoms with Crippen LogP contribution in [0.1, 0.15) is 11.1 Å². The second-order valence-corrected chi connectivity index (χ2v) is 6.02. The van der Waals surface area contributed by atoms with Crippen molar-refractivity contribution < 1.29 is 0 Å². The van der Waals surface area contributed by atoms with E-state index in [1.165, 1.54) is 0 Å². The highest BCUT2D eigenvalue weighted by molar-refractivity contribution is 7.13. The molecule has 0 radical (unpaired) electrons. The van der Waals surface area contributed by atoms with E-state index in [-0.39, 0.29) is 5.84 Å². The summed E-state index contributed by atoms with van der Waals surface area (Å²) in [5.41, 5.74) is 7.63. The second-order valence-electron chi connectivity index (χ2n) is 5.15. The maximum absolute atomic E-state index is 7.66. The van der Waals surface area contributed by atoms with Crippen LogP contribution >= 0.6 is 11.3 Å². The van der Waals surface area contributed by atoms with E-state index in [2.05, 4.69) is 20.9 Å². The van der Waals surface area contributed by atoms with Crippen molar-refractivity contribution in [3.63, 3.8) is 0 Å². The normalized spacial score (nSPS) is 16.1. The topological polar surface area (TPSA) is 69.2 Å². The summed E-state index contributed by atoms with van der Waals surface area (Å²) in [6.07, 6.45) is 1.86. The van der Waals surface area contributed by atoms with E-state index < -0.39 is 0 Å². The molecule has 0 bridgehead atoms. The van der Waals surface area contributed by atoms with Crippen molar-refractivity contribution in [1.82, 2.24) is 9.88 Å². The standard InChI is InChI=1S/C15H19N5S/c16-14(17)13-4-2-1-3-12(13)11-19-6-8-20(9-7-19)15-18-5-10-21-15/h1-5,10H,6-9,11H2,(H3,16,17). The summed E-state index contributed by atoms with van der Waals surface area (Å²) in [7, 11) is 0. The first kappa shape index (κ1) is 14.0. The summed E-state index contributed by atoms with van der Waals surface area (Å²) in [6, 6.07) is 7.92. The number of hydrogen-bond acceptors (Lipinski definition) is 5. The van der Waals surface area contributed by atoms with Crippen LogP contribution in [0.3, 0.4) is 0 Å². The third-order valence-electron chi connectivity index (χ3n) is 3.76. The van der Waals surface area contributed by atoms with E-state index in [4.69, 9.17) is 11.1 Å². The molecule has 5 nitrogen and oxygen atoms in total. The predicted molar refractivity (Wildman–Crippen MR) is 87.1 cm³/mol. The summed E-state index contributed by atoms with van der Waals surface area (Å²) in [5, 5.41) is 10.8. The first-order valence-corrected chi connectivity index (χ1v) is 7.91. The van der Waals surface area contributed by atoms with E-state index >= 15 is 0 Å². The first-order chi connectivity index (χ1) is 10.2. The van der Waals surface area contributed by atoms with Gasteiger partial charge in [-0.15, -0.1) is 11.3 Å². The molecule has 2 heterocycles. The molecule has 3 rings (SSSR count). The molecule has 2 aromatic rings. The van der Waals surface area contributed by atoms with Crippen molar-refractivity contribution in [2.75, 3.05) is 31.1 Å². The minimum atomic E-state index is 0.145. The van der Waals surface area contributed by atoms with Crippen LogP contribution in [-0.4, -0.2) is 41.9 Å². The zero-order valence-electron chi connectivity index (χ0n) is 11.8. The molecule has 1 saturated heterocycles. The minimum Gasteiger partial charge on any atom is -0.384 e. The number of nitrogens with two attached hydrogens (primary N) is 1. The molecule has 0 saturated carbocycles. The van der Waals surface area contributed by atoms with Gasteiger partial charge in [-0.25, -0.2) is 4.98 Å². The van der Waals surface area contributed by atoms with Crippen molar-refractivity contribution in [2.24, 2.45) is 5.73 Å². The van der Waals surface area contributed by atoms with Gasteiger partial charge in [-0.1, -0.05) is 24.3 Å². The number of piperazine rings is 1. The monoisotopic (exact) mass is 301 g/mol. The quantitative estimate of drug-likeness (QED) is 0.667. The molecule has 21 heavy (non-hydrogen) atoms. The molecule has 1 aliphatic rings. The van der Waals surface area contributed by atoms with Gasteiger partial charge in [0.05, 0.1) is 0 Å². The summed E-state index contributed by atoms with van der Waals surface area (Å²) in [4.78, 5) is 9.11. The van der Waals surface area contributed by atoms with Gasteiger partial charge in [0.15, 0.2) is 5.13 Å². The zero-order chi connectivity index (χ0) is 14.7. The number of benzene rings is 1. The van der Waals surface area contributed by atoms with Crippen LogP contribution in [0.4, 0.5) is 5.13 Å². The van der Waals surface area contributed by atoms with E-state index in [1.54, 1.807) is 11.3 Å². The lowest BCUT2D eigenvalue weighted by atomic mass is 10.1. The van der Waals surface area contributed by atoms with Crippen LogP contribution in [0.5, 0.6) is 0 Å². The first-order valence-electron chi connectivity index (χ1n) is 7.03. The fourth-order valence-electron chi connectivity index (χ4n) is 2.63. The molecule has 1 aliphatic heterocycles. The Hall–Kier alpha value is -1.92. The van der Waals surface area contributed by atoms with Gasteiger partial charge in [-0.3, -0.25) is 10.3 Å². The zero-order valence-corrected chi connectivity index (χ0v) is 12.6. The third-order valence-corrected chi connectivity index (χ3v) is 4.60. The Morgan fingerprint density at radius 1 is 1.24 bits per heavy atom. The molecule has 3 N–H and O–H groups in total. The van der Waals surface area contributed by atoms with Gasteiger partial charge in [0.1, 0.15) is 5.84 Å². The molecular weight excluding hydrogens is 282 g/mol. The Morgan fingerprint density at radius 3 is 2.67 bits per heavy atom. The van der Waals surface area contributed by atoms with Crippen molar-refractivity contribution in [3.8, 4) is 0 Å². The molecule has 0 aliphatic carbocycles. The number of thiazole rings is 1. The molecule has 1 fully saturated rings. The van der Waals surface area contributed by atoms with Gasteiger partial charge in [0.25, 0.3) is 0 Å². The summed E-state index contributed by atoms with van der Waals surface area (Å²) >= 11 is 1.69. The third kappa shape index (κ3) is 3.22. The van der Waals surface area contributed by atoms with Crippen molar-refractivity contribution >= 4 is 22.3 Å². The van der Waals surface area contributed by atoms with E-state index in [0.717, 1.165) is 49.0 Å². The number of nitrogen functional groups attached to an aromatic ring is 1. The number of nitrogens with zero attached hydrogens (tertiary/aromatic N) is 3. The highest BCUT2D eigenvalue weighted by Gasteiger charge is 2.19. The van der Waals surface area contributed by atoms with E-state index in [9.17, 15) is 0 Å². The van der Waals surface area contributed by atoms with Crippen molar-refractivity contribution in [1.29, 1.82) is 5.41 Å². The van der Waals surface area contributed by atoms with Gasteiger partial charge in [0, 0.05) is 49.9 Å². The number of hydrogen-bond donors (Lipinski definition) is 2. The SMILES string of the molecule is N=C(N)c1ccccc1CN1CCN(c2nccs2)CC1. The summed E-state index contributed by atoms with van der Waals surface area (Å²) < 4.78 is 0. The summed E-state index contributed by atoms with van der Waals surface area (Å²) in [5.74, 6) is 0.145. The lowest BCUT2D eigenvalue weighted by Gasteiger charge is -2.34. The van der Waals surface area contributed by atoms with E-state index in [1.807, 2.05) is 29.8 Å². The van der Waals surface area contributed by atoms with Crippen molar-refractivity contribution in [2.45, 2.75) is 6.54 Å². The molecule has 6 heteroatoms. The lowest BCUT2D eigenvalue weighted by Crippen LogP contribution is -2.46. The van der Waals surface area contributed by atoms with Gasteiger partial charge in [-0.2, -0.15) is 0 Å². The van der Waals surface area contributed by atoms with Gasteiger partial charge < -0.3 is 10.6 Å². The molecule has 110 valence electrons. The number of aromatic nitrogens is 1. The maximum atomic E-state index is 7.66. The molecule has 1 aromatic heterocycles. The van der Waals surface area contributed by atoms with Crippen molar-refractivity contribution in [3.05, 3.63) is 47.0 Å². The fraction of sp³-hybridized carbons (Fsp3) is 0.333. The van der Waals surface area contributed by atoms with Gasteiger partial charge in [-0.05, 0) is 5.56 Å². The Morgan fingerprint density at radius 2 is 2.00 bits per heavy atom. The van der Waals surface area contributed by atoms with Gasteiger partial charge in [0.2, 0.25) is 0 Å². The summed E-state index contributed by atoms with van der Waals surface area (Å²) in [6.45, 7) is 4.85. The van der Waals surface area contributed by atoms with Crippen LogP contribution < -0.4 is 10.6 Å². The number of amidine groups is 1. The average Bonchev–Trinajstić information content (AvgIpc) is 3.03. The van der Waals surface area contributed by atoms with E-state index in [0.29, 0.717) is 0 Å². The average molecular weight is 301 g/mol. The lowest BCUT2D eigenvalue weighted by molar-refractivity contribution is 0.249. The minimum absolute atomic E-state index is 0.145.